The third-order valence-corrected chi connectivity index (χ3v) is 3.74. The predicted molar refractivity (Wildman–Crippen MR) is 56.2 cm³/mol. The Hall–Kier alpha value is -0.570. The van der Waals surface area contributed by atoms with Gasteiger partial charge in [-0.15, -0.1) is 6.42 Å². The van der Waals surface area contributed by atoms with Crippen molar-refractivity contribution in [2.75, 3.05) is 12.3 Å². The first-order valence-electron chi connectivity index (χ1n) is 4.73. The van der Waals surface area contributed by atoms with Gasteiger partial charge in [0.25, 0.3) is 0 Å². The van der Waals surface area contributed by atoms with Crippen LogP contribution in [-0.4, -0.2) is 32.8 Å². The highest BCUT2D eigenvalue weighted by Gasteiger charge is 2.22. The average molecular weight is 216 g/mol. The second-order valence-electron chi connectivity index (χ2n) is 3.58. The first-order chi connectivity index (χ1) is 6.53. The monoisotopic (exact) mass is 216 g/mol. The standard InChI is InChI=1S/C9H16N2O2S/c1-3-8(2)11-14(12,13)7-9-5-4-6-10-9/h1,8-11H,4-7H2,2H3. The minimum atomic E-state index is -3.23. The molecule has 1 aliphatic rings. The number of hydrogen-bond acceptors (Lipinski definition) is 3. The van der Waals surface area contributed by atoms with E-state index < -0.39 is 16.1 Å². The summed E-state index contributed by atoms with van der Waals surface area (Å²) in [7, 11) is -3.23. The topological polar surface area (TPSA) is 58.2 Å². The van der Waals surface area contributed by atoms with Crippen molar-refractivity contribution in [2.24, 2.45) is 0 Å². The second-order valence-corrected chi connectivity index (χ2v) is 5.38. The smallest absolute Gasteiger partial charge is 0.214 e. The molecule has 1 heterocycles. The largest absolute Gasteiger partial charge is 0.313 e. The molecule has 4 nitrogen and oxygen atoms in total. The first-order valence-corrected chi connectivity index (χ1v) is 6.38. The van der Waals surface area contributed by atoms with Crippen LogP contribution in [-0.2, 0) is 10.0 Å². The second kappa shape index (κ2) is 4.78. The number of terminal acetylenes is 1. The Morgan fingerprint density at radius 2 is 2.43 bits per heavy atom. The molecule has 2 unspecified atom stereocenters. The highest BCUT2D eigenvalue weighted by atomic mass is 32.2. The quantitative estimate of drug-likeness (QED) is 0.633. The van der Waals surface area contributed by atoms with Crippen molar-refractivity contribution in [3.05, 3.63) is 0 Å². The van der Waals surface area contributed by atoms with E-state index in [1.807, 2.05) is 0 Å². The van der Waals surface area contributed by atoms with Crippen LogP contribution in [0.3, 0.4) is 0 Å². The van der Waals surface area contributed by atoms with E-state index in [0.29, 0.717) is 0 Å². The summed E-state index contributed by atoms with van der Waals surface area (Å²) in [4.78, 5) is 0. The van der Waals surface area contributed by atoms with Crippen LogP contribution in [0.5, 0.6) is 0 Å². The molecule has 2 N–H and O–H groups in total. The number of rotatable bonds is 4. The molecule has 0 amide bonds. The van der Waals surface area contributed by atoms with E-state index in [2.05, 4.69) is 16.0 Å². The zero-order valence-corrected chi connectivity index (χ0v) is 9.10. The van der Waals surface area contributed by atoms with Gasteiger partial charge in [0.05, 0.1) is 11.8 Å². The molecule has 1 fully saturated rings. The first kappa shape index (κ1) is 11.5. The summed E-state index contributed by atoms with van der Waals surface area (Å²) < 4.78 is 25.4. The maximum absolute atomic E-state index is 11.5. The average Bonchev–Trinajstić information content (AvgIpc) is 2.54. The van der Waals surface area contributed by atoms with Crippen molar-refractivity contribution >= 4 is 10.0 Å². The summed E-state index contributed by atoms with van der Waals surface area (Å²) in [5.41, 5.74) is 0. The van der Waals surface area contributed by atoms with Crippen LogP contribution < -0.4 is 10.0 Å². The summed E-state index contributed by atoms with van der Waals surface area (Å²) in [5.74, 6) is 2.46. The minimum absolute atomic E-state index is 0.0810. The maximum Gasteiger partial charge on any atom is 0.214 e. The van der Waals surface area contributed by atoms with Crippen molar-refractivity contribution in [3.63, 3.8) is 0 Å². The number of nitrogens with one attached hydrogen (secondary N) is 2. The Bertz CT molecular complexity index is 312. The summed E-state index contributed by atoms with van der Waals surface area (Å²) in [6.45, 7) is 2.56. The van der Waals surface area contributed by atoms with E-state index in [0.717, 1.165) is 19.4 Å². The molecule has 0 aromatic heterocycles. The summed E-state index contributed by atoms with van der Waals surface area (Å²) >= 11 is 0. The molecule has 0 bridgehead atoms. The molecule has 0 radical (unpaired) electrons. The maximum atomic E-state index is 11.5. The molecule has 0 aliphatic carbocycles. The van der Waals surface area contributed by atoms with Gasteiger partial charge in [-0.2, -0.15) is 0 Å². The van der Waals surface area contributed by atoms with Gasteiger partial charge in [0.15, 0.2) is 0 Å². The van der Waals surface area contributed by atoms with Crippen LogP contribution in [0.1, 0.15) is 19.8 Å². The van der Waals surface area contributed by atoms with Crippen molar-refractivity contribution in [3.8, 4) is 12.3 Å². The van der Waals surface area contributed by atoms with Gasteiger partial charge < -0.3 is 5.32 Å². The molecule has 80 valence electrons. The lowest BCUT2D eigenvalue weighted by atomic mass is 10.3. The Balaban J connectivity index is 2.45. The van der Waals surface area contributed by atoms with E-state index >= 15 is 0 Å². The fourth-order valence-corrected chi connectivity index (χ4v) is 3.03. The molecule has 5 heteroatoms. The van der Waals surface area contributed by atoms with Crippen LogP contribution in [0.4, 0.5) is 0 Å². The van der Waals surface area contributed by atoms with Gasteiger partial charge in [-0.05, 0) is 26.3 Å². The molecular weight excluding hydrogens is 200 g/mol. The Kier molecular flexibility index (Phi) is 3.93. The van der Waals surface area contributed by atoms with E-state index in [1.54, 1.807) is 6.92 Å². The highest BCUT2D eigenvalue weighted by Crippen LogP contribution is 2.07. The lowest BCUT2D eigenvalue weighted by Crippen LogP contribution is -2.39. The Morgan fingerprint density at radius 3 is 2.93 bits per heavy atom. The van der Waals surface area contributed by atoms with Crippen LogP contribution in [0.15, 0.2) is 0 Å². The predicted octanol–water partition coefficient (Wildman–Crippen LogP) is -0.320. The van der Waals surface area contributed by atoms with Gasteiger partial charge in [0.2, 0.25) is 10.0 Å². The molecule has 1 aliphatic heterocycles. The summed E-state index contributed by atoms with van der Waals surface area (Å²) in [5, 5.41) is 3.13. The molecule has 14 heavy (non-hydrogen) atoms. The lowest BCUT2D eigenvalue weighted by molar-refractivity contribution is 0.560. The van der Waals surface area contributed by atoms with Gasteiger partial charge in [-0.25, -0.2) is 13.1 Å². The van der Waals surface area contributed by atoms with E-state index in [1.165, 1.54) is 0 Å². The van der Waals surface area contributed by atoms with Crippen LogP contribution in [0, 0.1) is 12.3 Å². The number of sulfonamides is 1. The summed E-state index contributed by atoms with van der Waals surface area (Å²) in [6, 6.07) is -0.348. The third kappa shape index (κ3) is 3.66. The number of hydrogen-bond donors (Lipinski definition) is 2. The molecular formula is C9H16N2O2S. The summed E-state index contributed by atoms with van der Waals surface area (Å²) in [6.07, 6.45) is 7.06. The van der Waals surface area contributed by atoms with Gasteiger partial charge in [0.1, 0.15) is 0 Å². The molecule has 1 rings (SSSR count). The van der Waals surface area contributed by atoms with Gasteiger partial charge >= 0.3 is 0 Å². The Labute approximate surface area is 85.5 Å². The molecule has 0 aromatic rings. The van der Waals surface area contributed by atoms with Gasteiger partial charge in [-0.1, -0.05) is 5.92 Å². The minimum Gasteiger partial charge on any atom is -0.313 e. The normalized spacial score (nSPS) is 24.4. The molecule has 2 atom stereocenters. The lowest BCUT2D eigenvalue weighted by Gasteiger charge is -2.13. The van der Waals surface area contributed by atoms with Crippen molar-refractivity contribution in [2.45, 2.75) is 31.8 Å². The Morgan fingerprint density at radius 1 is 1.71 bits per heavy atom. The SMILES string of the molecule is C#CC(C)NS(=O)(=O)CC1CCCN1. The van der Waals surface area contributed by atoms with E-state index in [4.69, 9.17) is 6.42 Å². The molecule has 0 aromatic carbocycles. The van der Waals surface area contributed by atoms with Gasteiger partial charge in [0, 0.05) is 6.04 Å². The molecule has 0 saturated carbocycles. The molecule has 0 spiro atoms. The van der Waals surface area contributed by atoms with E-state index in [9.17, 15) is 8.42 Å². The van der Waals surface area contributed by atoms with Crippen LogP contribution >= 0.6 is 0 Å². The van der Waals surface area contributed by atoms with Crippen molar-refractivity contribution in [1.82, 2.24) is 10.0 Å². The fraction of sp³-hybridized carbons (Fsp3) is 0.778. The molecule has 1 saturated heterocycles. The van der Waals surface area contributed by atoms with Crippen LogP contribution in [0.25, 0.3) is 0 Å². The van der Waals surface area contributed by atoms with Crippen molar-refractivity contribution < 1.29 is 8.42 Å². The fourth-order valence-electron chi connectivity index (χ4n) is 1.52. The zero-order valence-electron chi connectivity index (χ0n) is 8.29. The van der Waals surface area contributed by atoms with Gasteiger partial charge in [-0.3, -0.25) is 0 Å². The van der Waals surface area contributed by atoms with Crippen LogP contribution in [0.2, 0.25) is 0 Å². The zero-order chi connectivity index (χ0) is 10.6. The van der Waals surface area contributed by atoms with E-state index in [-0.39, 0.29) is 11.8 Å². The third-order valence-electron chi connectivity index (χ3n) is 2.19. The van der Waals surface area contributed by atoms with Crippen molar-refractivity contribution in [1.29, 1.82) is 0 Å². The highest BCUT2D eigenvalue weighted by molar-refractivity contribution is 7.89.